The van der Waals surface area contributed by atoms with Crippen molar-refractivity contribution in [3.8, 4) is 21.6 Å². The van der Waals surface area contributed by atoms with Crippen LogP contribution in [0.5, 0.6) is 0 Å². The van der Waals surface area contributed by atoms with Crippen LogP contribution in [-0.4, -0.2) is 152 Å². The first-order chi connectivity index (χ1) is 37.9. The van der Waals surface area contributed by atoms with Gasteiger partial charge in [-0.3, -0.25) is 24.2 Å². The lowest BCUT2D eigenvalue weighted by Crippen LogP contribution is -2.58. The van der Waals surface area contributed by atoms with Crippen LogP contribution in [0.4, 0.5) is 16.0 Å². The highest BCUT2D eigenvalue weighted by Gasteiger charge is 2.45. The Bertz CT molecular complexity index is 3010. The number of ether oxygens (including phenoxy) is 2. The Morgan fingerprint density at radius 1 is 0.861 bits per heavy atom. The summed E-state index contributed by atoms with van der Waals surface area (Å²) in [6.07, 6.45) is 6.12. The summed E-state index contributed by atoms with van der Waals surface area (Å²) in [6, 6.07) is 18.9. The van der Waals surface area contributed by atoms with Crippen molar-refractivity contribution in [2.75, 3.05) is 71.0 Å². The highest BCUT2D eigenvalue weighted by Crippen LogP contribution is 2.38. The quantitative estimate of drug-likeness (QED) is 0.0431. The molecule has 0 bridgehead atoms. The second-order valence-corrected chi connectivity index (χ2v) is 23.6. The number of aromatic nitrogens is 4. The Kier molecular flexibility index (Phi) is 19.1. The third kappa shape index (κ3) is 14.9. The summed E-state index contributed by atoms with van der Waals surface area (Å²) in [4.78, 5) is 62.3. The Morgan fingerprint density at radius 2 is 1.56 bits per heavy atom. The van der Waals surface area contributed by atoms with Gasteiger partial charge in [0.1, 0.15) is 23.5 Å². The van der Waals surface area contributed by atoms with Gasteiger partial charge in [0.05, 0.1) is 60.8 Å². The maximum absolute atomic E-state index is 14.1. The second kappa shape index (κ2) is 26.1. The number of aliphatic hydroxyl groups excluding tert-OH is 2. The summed E-state index contributed by atoms with van der Waals surface area (Å²) in [6.45, 7) is 16.3. The van der Waals surface area contributed by atoms with Crippen LogP contribution in [0.25, 0.3) is 32.6 Å². The number of nitrogens with zero attached hydrogens (tertiary/aromatic N) is 7. The van der Waals surface area contributed by atoms with Crippen LogP contribution in [0.1, 0.15) is 95.1 Å². The molecule has 3 fully saturated rings. The van der Waals surface area contributed by atoms with Crippen LogP contribution in [0.15, 0.2) is 84.6 Å². The Labute approximate surface area is 470 Å². The minimum atomic E-state index is -0.929. The van der Waals surface area contributed by atoms with Crippen molar-refractivity contribution >= 4 is 63.3 Å². The van der Waals surface area contributed by atoms with Gasteiger partial charge in [0.15, 0.2) is 0 Å². The molecule has 2 aliphatic heterocycles. The number of halogens is 2. The fourth-order valence-corrected chi connectivity index (χ4v) is 11.9. The summed E-state index contributed by atoms with van der Waals surface area (Å²) in [5.41, 5.74) is 8.63. The van der Waals surface area contributed by atoms with E-state index in [1.165, 1.54) is 22.6 Å². The first-order valence-corrected chi connectivity index (χ1v) is 28.8. The number of rotatable bonds is 21. The van der Waals surface area contributed by atoms with Gasteiger partial charge in [0.2, 0.25) is 23.7 Å². The molecule has 1 aliphatic carbocycles. The molecule has 3 aromatic heterocycles. The fraction of sp³-hybridized carbons (Fsp3) is 0.492. The predicted molar refractivity (Wildman–Crippen MR) is 305 cm³/mol. The van der Waals surface area contributed by atoms with Crippen molar-refractivity contribution < 1.29 is 38.5 Å². The topological polar surface area (TPSA) is 200 Å². The lowest BCUT2D eigenvalue weighted by atomic mass is 9.85. The number of nitrogens with one attached hydrogen (secondary N) is 3. The molecule has 0 unspecified atom stereocenters. The molecular weight excluding hydrogens is 1050 g/mol. The van der Waals surface area contributed by atoms with Crippen molar-refractivity contribution in [2.24, 2.45) is 5.41 Å². The minimum Gasteiger partial charge on any atom is -0.393 e. The van der Waals surface area contributed by atoms with Crippen molar-refractivity contribution in [1.82, 2.24) is 44.9 Å². The second-order valence-electron chi connectivity index (χ2n) is 22.3. The van der Waals surface area contributed by atoms with E-state index in [-0.39, 0.29) is 61.0 Å². The molecule has 5 heterocycles. The monoisotopic (exact) mass is 1120 g/mol. The molecule has 422 valence electrons. The van der Waals surface area contributed by atoms with Crippen molar-refractivity contribution in [1.29, 1.82) is 0 Å². The Hall–Kier alpha value is -5.90. The molecule has 4 atom stereocenters. The number of fused-ring (bicyclic) bond motifs is 1. The molecule has 0 spiro atoms. The van der Waals surface area contributed by atoms with E-state index in [0.717, 1.165) is 109 Å². The van der Waals surface area contributed by atoms with Gasteiger partial charge in [-0.05, 0) is 85.4 Å². The van der Waals surface area contributed by atoms with E-state index in [4.69, 9.17) is 26.1 Å². The molecule has 17 nitrogen and oxygen atoms in total. The van der Waals surface area contributed by atoms with Gasteiger partial charge in [-0.25, -0.2) is 14.4 Å². The van der Waals surface area contributed by atoms with Gasteiger partial charge in [0.25, 0.3) is 0 Å². The zero-order valence-electron chi connectivity index (χ0n) is 45.8. The molecular formula is C59H74ClFN10O7S. The molecule has 9 rings (SSSR count). The number of hydrogen-bond acceptors (Lipinski definition) is 14. The lowest BCUT2D eigenvalue weighted by molar-refractivity contribution is -0.144. The number of carbonyl (C=O) groups excluding carboxylic acids is 3. The standard InChI is InChI=1S/C59H74ClFN10O7S/c1-37(40-10-12-42(13-11-40)53-38(2)63-36-79-53)64-56(75)51-31-48(73)34-71(51)57(76)54(59(3,4)5)66-52(74)18-24-77-26-27-78-25-23-68-19-21-69(22-20-68)33-39-6-8-41(9-7-39)50-35-70(46-14-16-47(72)17-15-46)55-49(50)32-62-58(67-55)65-45-29-43(60)28-44(61)30-45/h6-13,28-30,32,35-37,46-48,51,54,72-73H,14-27,31,33-34H2,1-5H3,(H,64,75)(H,66,74)(H,62,65,67)/t37-,46?,47?,48+,51-,54+/m0/s1. The summed E-state index contributed by atoms with van der Waals surface area (Å²) < 4.78 is 28.0. The molecule has 20 heteroatoms. The third-order valence-electron chi connectivity index (χ3n) is 15.3. The molecule has 3 amide bonds. The summed E-state index contributed by atoms with van der Waals surface area (Å²) >= 11 is 7.69. The number of hydrogen-bond donors (Lipinski definition) is 5. The van der Waals surface area contributed by atoms with E-state index in [0.29, 0.717) is 31.5 Å². The van der Waals surface area contributed by atoms with Crippen LogP contribution in [0.3, 0.4) is 0 Å². The minimum absolute atomic E-state index is 0.00454. The van der Waals surface area contributed by atoms with Crippen LogP contribution in [0, 0.1) is 18.2 Å². The average molecular weight is 1120 g/mol. The van der Waals surface area contributed by atoms with E-state index in [9.17, 15) is 29.0 Å². The van der Waals surface area contributed by atoms with E-state index >= 15 is 0 Å². The summed E-state index contributed by atoms with van der Waals surface area (Å²) in [7, 11) is 0. The summed E-state index contributed by atoms with van der Waals surface area (Å²) in [5, 5.41) is 31.2. The van der Waals surface area contributed by atoms with Gasteiger partial charge >= 0.3 is 0 Å². The van der Waals surface area contributed by atoms with Gasteiger partial charge < -0.3 is 45.1 Å². The molecule has 6 aromatic rings. The number of aliphatic hydroxyl groups is 2. The number of likely N-dealkylation sites (tertiary alicyclic amines) is 1. The first-order valence-electron chi connectivity index (χ1n) is 27.5. The smallest absolute Gasteiger partial charge is 0.246 e. The van der Waals surface area contributed by atoms with E-state index in [1.54, 1.807) is 17.4 Å². The summed E-state index contributed by atoms with van der Waals surface area (Å²) in [5.74, 6) is -1.22. The highest BCUT2D eigenvalue weighted by atomic mass is 35.5. The van der Waals surface area contributed by atoms with Crippen LogP contribution < -0.4 is 16.0 Å². The molecule has 3 aromatic carbocycles. The van der Waals surface area contributed by atoms with Crippen LogP contribution in [0.2, 0.25) is 5.02 Å². The van der Waals surface area contributed by atoms with Crippen molar-refractivity contribution in [2.45, 2.75) is 116 Å². The number of amides is 3. The fourth-order valence-electron chi connectivity index (χ4n) is 10.8. The molecule has 5 N–H and O–H groups in total. The maximum Gasteiger partial charge on any atom is 0.246 e. The van der Waals surface area contributed by atoms with E-state index < -0.39 is 35.3 Å². The van der Waals surface area contributed by atoms with E-state index in [1.807, 2.05) is 70.6 Å². The largest absolute Gasteiger partial charge is 0.393 e. The van der Waals surface area contributed by atoms with Crippen molar-refractivity contribution in [3.05, 3.63) is 112 Å². The number of carbonyl (C=O) groups is 3. The van der Waals surface area contributed by atoms with Gasteiger partial charge in [-0.1, -0.05) is 80.9 Å². The normalized spacial score (nSPS) is 20.1. The molecule has 3 aliphatic rings. The molecule has 2 saturated heterocycles. The van der Waals surface area contributed by atoms with E-state index in [2.05, 4.69) is 70.7 Å². The van der Waals surface area contributed by atoms with Crippen molar-refractivity contribution in [3.63, 3.8) is 0 Å². The zero-order chi connectivity index (χ0) is 55.8. The Balaban J connectivity index is 0.674. The Morgan fingerprint density at radius 3 is 2.24 bits per heavy atom. The average Bonchev–Trinajstić information content (AvgIpc) is 4.38. The van der Waals surface area contributed by atoms with Gasteiger partial charge in [-0.15, -0.1) is 11.3 Å². The van der Waals surface area contributed by atoms with Crippen LogP contribution in [-0.2, 0) is 30.4 Å². The van der Waals surface area contributed by atoms with Gasteiger partial charge in [0, 0.05) is 98.8 Å². The predicted octanol–water partition coefficient (Wildman–Crippen LogP) is 8.45. The number of thiazole rings is 1. The molecule has 0 radical (unpaired) electrons. The molecule has 79 heavy (non-hydrogen) atoms. The third-order valence-corrected chi connectivity index (χ3v) is 16.5. The zero-order valence-corrected chi connectivity index (χ0v) is 47.4. The number of aryl methyl sites for hydroxylation is 1. The molecule has 1 saturated carbocycles. The number of benzene rings is 3. The highest BCUT2D eigenvalue weighted by molar-refractivity contribution is 7.13. The number of piperazine rings is 1. The van der Waals surface area contributed by atoms with Gasteiger partial charge in [-0.2, -0.15) is 4.98 Å². The lowest BCUT2D eigenvalue weighted by Gasteiger charge is -2.35. The SMILES string of the molecule is Cc1ncsc1-c1ccc([C@H](C)NC(=O)[C@@H]2C[C@@H](O)CN2C(=O)[C@@H](NC(=O)CCOCCOCCN2CCN(Cc3ccc(-c4cn(C5CCC(O)CC5)c5nc(Nc6cc(F)cc(Cl)c6)ncc45)cc3)CC2)C(C)(C)C)cc1. The first kappa shape index (κ1) is 57.8. The number of anilines is 2. The maximum atomic E-state index is 14.1. The van der Waals surface area contributed by atoms with Crippen LogP contribution >= 0.6 is 22.9 Å². The number of β-amino-alcohol motifs (C(OH)–C–C–N with tert-alkyl or cyclic N) is 1.